The molecule has 1 aliphatic heterocycles. The average Bonchev–Trinajstić information content (AvgIpc) is 2.93. The average molecular weight is 325 g/mol. The van der Waals surface area contributed by atoms with Crippen molar-refractivity contribution in [3.05, 3.63) is 70.4 Å². The van der Waals surface area contributed by atoms with E-state index in [1.54, 1.807) is 29.2 Å². The molecule has 0 radical (unpaired) electrons. The zero-order valence-electron chi connectivity index (χ0n) is 12.2. The number of hydrogen-bond acceptors (Lipinski definition) is 2. The van der Waals surface area contributed by atoms with Gasteiger partial charge in [0, 0.05) is 32.7 Å². The number of rotatable bonds is 1. The van der Waals surface area contributed by atoms with Crippen molar-refractivity contribution in [2.75, 3.05) is 6.54 Å². The molecule has 2 heterocycles. The summed E-state index contributed by atoms with van der Waals surface area (Å²) < 4.78 is 0. The van der Waals surface area contributed by atoms with Crippen LogP contribution >= 0.6 is 11.6 Å². The van der Waals surface area contributed by atoms with Gasteiger partial charge in [0.25, 0.3) is 5.91 Å². The van der Waals surface area contributed by atoms with Crippen molar-refractivity contribution < 1.29 is 9.59 Å². The van der Waals surface area contributed by atoms with E-state index < -0.39 is 0 Å². The summed E-state index contributed by atoms with van der Waals surface area (Å²) in [7, 11) is 0. The van der Waals surface area contributed by atoms with E-state index in [2.05, 4.69) is 4.98 Å². The molecule has 0 bridgehead atoms. The highest BCUT2D eigenvalue weighted by atomic mass is 35.5. The number of nitrogens with one attached hydrogen (secondary N) is 1. The van der Waals surface area contributed by atoms with E-state index in [9.17, 15) is 9.59 Å². The molecule has 0 saturated carbocycles. The summed E-state index contributed by atoms with van der Waals surface area (Å²) in [6.07, 6.45) is 0. The van der Waals surface area contributed by atoms with Crippen LogP contribution in [0.5, 0.6) is 0 Å². The van der Waals surface area contributed by atoms with E-state index in [0.717, 1.165) is 16.6 Å². The molecule has 3 aromatic rings. The first-order valence-electron chi connectivity index (χ1n) is 7.31. The maximum atomic E-state index is 12.6. The van der Waals surface area contributed by atoms with Crippen molar-refractivity contribution in [2.45, 2.75) is 6.54 Å². The molecule has 5 heteroatoms. The maximum Gasteiger partial charge on any atom is 0.254 e. The lowest BCUT2D eigenvalue weighted by molar-refractivity contribution is 0.0678. The summed E-state index contributed by atoms with van der Waals surface area (Å²) in [5.74, 6) is -0.203. The molecule has 114 valence electrons. The third kappa shape index (κ3) is 2.32. The van der Waals surface area contributed by atoms with Crippen molar-refractivity contribution in [3.8, 4) is 0 Å². The Labute approximate surface area is 137 Å². The third-order valence-electron chi connectivity index (χ3n) is 4.11. The van der Waals surface area contributed by atoms with Crippen LogP contribution in [-0.2, 0) is 6.54 Å². The van der Waals surface area contributed by atoms with E-state index in [1.165, 1.54) is 0 Å². The van der Waals surface area contributed by atoms with Crippen molar-refractivity contribution in [3.63, 3.8) is 0 Å². The van der Waals surface area contributed by atoms with Crippen LogP contribution in [0.2, 0.25) is 5.02 Å². The maximum absolute atomic E-state index is 12.6. The smallest absolute Gasteiger partial charge is 0.254 e. The van der Waals surface area contributed by atoms with Gasteiger partial charge in [-0.15, -0.1) is 0 Å². The molecule has 4 rings (SSSR count). The number of carbonyl (C=O) groups excluding carboxylic acids is 2. The van der Waals surface area contributed by atoms with Crippen LogP contribution in [-0.4, -0.2) is 28.1 Å². The van der Waals surface area contributed by atoms with E-state index >= 15 is 0 Å². The molecule has 23 heavy (non-hydrogen) atoms. The summed E-state index contributed by atoms with van der Waals surface area (Å²) in [5.41, 5.74) is 2.87. The number of hydrogen-bond donors (Lipinski definition) is 1. The molecule has 1 amide bonds. The van der Waals surface area contributed by atoms with E-state index in [4.69, 9.17) is 11.6 Å². The first-order valence-corrected chi connectivity index (χ1v) is 7.69. The van der Waals surface area contributed by atoms with Crippen molar-refractivity contribution in [1.29, 1.82) is 0 Å². The summed E-state index contributed by atoms with van der Waals surface area (Å²) in [6, 6.07) is 14.4. The van der Waals surface area contributed by atoms with Gasteiger partial charge in [0.15, 0.2) is 5.78 Å². The predicted molar refractivity (Wildman–Crippen MR) is 88.8 cm³/mol. The molecule has 0 atom stereocenters. The van der Waals surface area contributed by atoms with Crippen LogP contribution in [0.1, 0.15) is 26.4 Å². The Kier molecular flexibility index (Phi) is 3.20. The molecule has 0 spiro atoms. The Hall–Kier alpha value is -2.59. The predicted octanol–water partition coefficient (Wildman–Crippen LogP) is 3.66. The molecule has 0 fully saturated rings. The highest BCUT2D eigenvalue weighted by molar-refractivity contribution is 6.31. The van der Waals surface area contributed by atoms with Crippen molar-refractivity contribution >= 4 is 34.2 Å². The Morgan fingerprint density at radius 2 is 1.87 bits per heavy atom. The molecule has 2 aromatic carbocycles. The summed E-state index contributed by atoms with van der Waals surface area (Å²) >= 11 is 6.04. The van der Waals surface area contributed by atoms with E-state index in [0.29, 0.717) is 22.7 Å². The monoisotopic (exact) mass is 324 g/mol. The van der Waals surface area contributed by atoms with Gasteiger partial charge in [-0.3, -0.25) is 9.59 Å². The SMILES string of the molecule is O=C1CN(C(=O)c2ccccc2)Cc2[nH]c3ccc(Cl)cc3c21. The number of aromatic amines is 1. The number of fused-ring (bicyclic) bond motifs is 3. The Bertz CT molecular complexity index is 931. The Balaban J connectivity index is 1.74. The Morgan fingerprint density at radius 3 is 2.65 bits per heavy atom. The Morgan fingerprint density at radius 1 is 1.09 bits per heavy atom. The minimum atomic E-state index is -0.138. The molecule has 0 unspecified atom stereocenters. The number of halogens is 1. The van der Waals surface area contributed by atoms with Crippen molar-refractivity contribution in [2.24, 2.45) is 0 Å². The zero-order valence-corrected chi connectivity index (χ0v) is 12.9. The second kappa shape index (κ2) is 5.25. The van der Waals surface area contributed by atoms with Gasteiger partial charge in [0.1, 0.15) is 0 Å². The highest BCUT2D eigenvalue weighted by Gasteiger charge is 2.30. The molecule has 0 saturated heterocycles. The van der Waals surface area contributed by atoms with Crippen molar-refractivity contribution in [1.82, 2.24) is 9.88 Å². The summed E-state index contributed by atoms with van der Waals surface area (Å²) in [4.78, 5) is 29.9. The van der Waals surface area contributed by atoms with E-state index in [-0.39, 0.29) is 18.2 Å². The largest absolute Gasteiger partial charge is 0.356 e. The number of benzene rings is 2. The molecular weight excluding hydrogens is 312 g/mol. The second-order valence-corrected chi connectivity index (χ2v) is 6.06. The normalized spacial score (nSPS) is 14.1. The first kappa shape index (κ1) is 14.0. The molecule has 4 nitrogen and oxygen atoms in total. The van der Waals surface area contributed by atoms with Crippen LogP contribution < -0.4 is 0 Å². The van der Waals surface area contributed by atoms with Crippen LogP contribution in [0.25, 0.3) is 10.9 Å². The van der Waals surface area contributed by atoms with Gasteiger partial charge in [-0.05, 0) is 30.3 Å². The van der Waals surface area contributed by atoms with Crippen LogP contribution in [0, 0.1) is 0 Å². The fourth-order valence-electron chi connectivity index (χ4n) is 3.06. The van der Waals surface area contributed by atoms with Gasteiger partial charge in [0.2, 0.25) is 0 Å². The highest BCUT2D eigenvalue weighted by Crippen LogP contribution is 2.30. The number of ketones is 1. The molecule has 0 aliphatic carbocycles. The van der Waals surface area contributed by atoms with Crippen LogP contribution in [0.3, 0.4) is 0 Å². The minimum absolute atomic E-state index is 0.0657. The van der Waals surface area contributed by atoms with Gasteiger partial charge in [-0.1, -0.05) is 29.8 Å². The summed E-state index contributed by atoms with van der Waals surface area (Å²) in [6.45, 7) is 0.474. The number of aromatic nitrogens is 1. The quantitative estimate of drug-likeness (QED) is 0.742. The van der Waals surface area contributed by atoms with Gasteiger partial charge >= 0.3 is 0 Å². The topological polar surface area (TPSA) is 53.2 Å². The fourth-order valence-corrected chi connectivity index (χ4v) is 3.24. The van der Waals surface area contributed by atoms with Gasteiger partial charge in [-0.25, -0.2) is 0 Å². The minimum Gasteiger partial charge on any atom is -0.356 e. The van der Waals surface area contributed by atoms with Gasteiger partial charge in [0.05, 0.1) is 13.1 Å². The van der Waals surface area contributed by atoms with Gasteiger partial charge < -0.3 is 9.88 Å². The second-order valence-electron chi connectivity index (χ2n) is 5.62. The molecule has 1 aliphatic rings. The number of Topliss-reactive ketones (excluding diaryl/α,β-unsaturated/α-hetero) is 1. The fraction of sp³-hybridized carbons (Fsp3) is 0.111. The third-order valence-corrected chi connectivity index (χ3v) is 4.34. The van der Waals surface area contributed by atoms with E-state index in [1.807, 2.05) is 24.3 Å². The van der Waals surface area contributed by atoms with Crippen LogP contribution in [0.4, 0.5) is 0 Å². The molecule has 1 N–H and O–H groups in total. The summed E-state index contributed by atoms with van der Waals surface area (Å²) in [5, 5.41) is 1.42. The van der Waals surface area contributed by atoms with Gasteiger partial charge in [-0.2, -0.15) is 0 Å². The molecular formula is C18H13ClN2O2. The lowest BCUT2D eigenvalue weighted by atomic mass is 10.0. The number of H-pyrrole nitrogens is 1. The lowest BCUT2D eigenvalue weighted by Gasteiger charge is -2.26. The number of amides is 1. The first-order chi connectivity index (χ1) is 11.1. The standard InChI is InChI=1S/C18H13ClN2O2/c19-12-6-7-14-13(8-12)17-15(20-14)9-21(10-16(17)22)18(23)11-4-2-1-3-5-11/h1-8,20H,9-10H2. The number of carbonyl (C=O) groups is 2. The van der Waals surface area contributed by atoms with Crippen LogP contribution in [0.15, 0.2) is 48.5 Å². The molecule has 1 aromatic heterocycles. The number of nitrogens with zero attached hydrogens (tertiary/aromatic N) is 1. The zero-order chi connectivity index (χ0) is 16.0. The lowest BCUT2D eigenvalue weighted by Crippen LogP contribution is -2.39.